The maximum atomic E-state index is 12.3. The predicted octanol–water partition coefficient (Wildman–Crippen LogP) is 2.43. The monoisotopic (exact) mass is 275 g/mol. The van der Waals surface area contributed by atoms with E-state index in [2.05, 4.69) is 10.1 Å². The van der Waals surface area contributed by atoms with Crippen LogP contribution in [0.3, 0.4) is 0 Å². The van der Waals surface area contributed by atoms with Gasteiger partial charge in [0.05, 0.1) is 6.54 Å². The van der Waals surface area contributed by atoms with Crippen molar-refractivity contribution in [3.63, 3.8) is 0 Å². The Balaban J connectivity index is 1.69. The highest BCUT2D eigenvalue weighted by atomic mass is 16.5. The van der Waals surface area contributed by atoms with E-state index in [0.29, 0.717) is 29.9 Å². The summed E-state index contributed by atoms with van der Waals surface area (Å²) in [4.78, 5) is 18.1. The first-order valence-corrected chi connectivity index (χ1v) is 6.69. The Morgan fingerprint density at radius 1 is 1.45 bits per heavy atom. The zero-order valence-electron chi connectivity index (χ0n) is 11.8. The fraction of sp³-hybridized carbons (Fsp3) is 0.500. The fourth-order valence-corrected chi connectivity index (χ4v) is 2.14. The molecule has 1 amide bonds. The first-order valence-electron chi connectivity index (χ1n) is 6.69. The summed E-state index contributed by atoms with van der Waals surface area (Å²) in [6, 6.07) is 1.85. The minimum atomic E-state index is -0.173. The zero-order chi connectivity index (χ0) is 14.3. The Hall–Kier alpha value is -2.11. The highest BCUT2D eigenvalue weighted by Crippen LogP contribution is 2.38. The van der Waals surface area contributed by atoms with Crippen molar-refractivity contribution in [2.75, 3.05) is 7.05 Å². The summed E-state index contributed by atoms with van der Waals surface area (Å²) in [5, 5.41) is 3.91. The summed E-state index contributed by atoms with van der Waals surface area (Å²) in [7, 11) is 1.70. The van der Waals surface area contributed by atoms with Crippen LogP contribution in [0.4, 0.5) is 0 Å². The van der Waals surface area contributed by atoms with Gasteiger partial charge in [-0.25, -0.2) is 0 Å². The van der Waals surface area contributed by atoms with E-state index >= 15 is 0 Å². The van der Waals surface area contributed by atoms with Crippen LogP contribution in [-0.4, -0.2) is 28.0 Å². The summed E-state index contributed by atoms with van der Waals surface area (Å²) in [5.74, 6) is 2.57. The van der Waals surface area contributed by atoms with Gasteiger partial charge in [-0.15, -0.1) is 0 Å². The van der Waals surface area contributed by atoms with Crippen LogP contribution in [0.25, 0.3) is 0 Å². The molecule has 0 aromatic carbocycles. The number of rotatable bonds is 4. The molecule has 3 rings (SSSR count). The Kier molecular flexibility index (Phi) is 3.08. The van der Waals surface area contributed by atoms with E-state index in [1.54, 1.807) is 7.05 Å². The molecule has 0 bridgehead atoms. The molecular weight excluding hydrogens is 258 g/mol. The Morgan fingerprint density at radius 2 is 2.20 bits per heavy atom. The summed E-state index contributed by atoms with van der Waals surface area (Å²) in [6.45, 7) is 4.00. The van der Waals surface area contributed by atoms with E-state index in [1.165, 1.54) is 4.90 Å². The van der Waals surface area contributed by atoms with Crippen molar-refractivity contribution in [3.8, 4) is 0 Å². The third kappa shape index (κ3) is 2.45. The van der Waals surface area contributed by atoms with Crippen molar-refractivity contribution < 1.29 is 13.7 Å². The fourth-order valence-electron chi connectivity index (χ4n) is 2.14. The average molecular weight is 275 g/mol. The molecule has 2 aromatic heterocycles. The smallest absolute Gasteiger partial charge is 0.289 e. The van der Waals surface area contributed by atoms with Crippen molar-refractivity contribution in [3.05, 3.63) is 34.9 Å². The number of nitrogens with zero attached hydrogens (tertiary/aromatic N) is 3. The second kappa shape index (κ2) is 4.77. The summed E-state index contributed by atoms with van der Waals surface area (Å²) in [6.07, 6.45) is 2.22. The summed E-state index contributed by atoms with van der Waals surface area (Å²) in [5.41, 5.74) is 0.839. The van der Waals surface area contributed by atoms with Crippen LogP contribution in [0.1, 0.15) is 52.4 Å². The molecule has 1 aliphatic carbocycles. The highest BCUT2D eigenvalue weighted by molar-refractivity contribution is 5.92. The molecule has 0 radical (unpaired) electrons. The highest BCUT2D eigenvalue weighted by Gasteiger charge is 2.30. The van der Waals surface area contributed by atoms with Gasteiger partial charge in [0.1, 0.15) is 5.76 Å². The second-order valence-electron chi connectivity index (χ2n) is 5.35. The van der Waals surface area contributed by atoms with Crippen molar-refractivity contribution >= 4 is 5.91 Å². The van der Waals surface area contributed by atoms with Crippen LogP contribution in [0.2, 0.25) is 0 Å². The van der Waals surface area contributed by atoms with E-state index in [1.807, 2.05) is 19.9 Å². The molecule has 106 valence electrons. The third-order valence-corrected chi connectivity index (χ3v) is 3.37. The van der Waals surface area contributed by atoms with Crippen LogP contribution >= 0.6 is 0 Å². The van der Waals surface area contributed by atoms with Crippen LogP contribution in [0, 0.1) is 13.8 Å². The number of hydrogen-bond donors (Lipinski definition) is 0. The standard InChI is InChI=1S/C14H17N3O3/c1-8-6-9(2)19-12(8)14(18)17(3)7-11-15-13(20-16-11)10-4-5-10/h6,10H,4-5,7H2,1-3H3. The van der Waals surface area contributed by atoms with E-state index in [4.69, 9.17) is 8.94 Å². The normalized spacial score (nSPS) is 14.6. The number of aryl methyl sites for hydroxylation is 2. The van der Waals surface area contributed by atoms with Gasteiger partial charge in [0.15, 0.2) is 11.6 Å². The Labute approximate surface area is 116 Å². The molecule has 0 saturated heterocycles. The van der Waals surface area contributed by atoms with Gasteiger partial charge in [0.2, 0.25) is 5.89 Å². The molecule has 0 aliphatic heterocycles. The van der Waals surface area contributed by atoms with Crippen LogP contribution in [-0.2, 0) is 6.54 Å². The summed E-state index contributed by atoms with van der Waals surface area (Å²) < 4.78 is 10.6. The van der Waals surface area contributed by atoms with E-state index in [0.717, 1.165) is 24.2 Å². The molecule has 2 aromatic rings. The van der Waals surface area contributed by atoms with Crippen molar-refractivity contribution in [1.82, 2.24) is 15.0 Å². The van der Waals surface area contributed by atoms with E-state index in [-0.39, 0.29) is 5.91 Å². The van der Waals surface area contributed by atoms with Gasteiger partial charge in [-0.1, -0.05) is 5.16 Å². The lowest BCUT2D eigenvalue weighted by Crippen LogP contribution is -2.26. The number of aromatic nitrogens is 2. The molecular formula is C14H17N3O3. The van der Waals surface area contributed by atoms with Crippen LogP contribution < -0.4 is 0 Å². The van der Waals surface area contributed by atoms with Crippen LogP contribution in [0.5, 0.6) is 0 Å². The first-order chi connectivity index (χ1) is 9.54. The molecule has 0 unspecified atom stereocenters. The van der Waals surface area contributed by atoms with Gasteiger partial charge >= 0.3 is 0 Å². The number of carbonyl (C=O) groups is 1. The second-order valence-corrected chi connectivity index (χ2v) is 5.35. The average Bonchev–Trinajstić information content (AvgIpc) is 3.06. The van der Waals surface area contributed by atoms with Crippen molar-refractivity contribution in [1.29, 1.82) is 0 Å². The molecule has 0 N–H and O–H groups in total. The molecule has 1 fully saturated rings. The number of amides is 1. The zero-order valence-corrected chi connectivity index (χ0v) is 11.8. The maximum absolute atomic E-state index is 12.3. The number of hydrogen-bond acceptors (Lipinski definition) is 5. The lowest BCUT2D eigenvalue weighted by atomic mass is 10.2. The molecule has 2 heterocycles. The molecule has 0 spiro atoms. The third-order valence-electron chi connectivity index (χ3n) is 3.37. The minimum Gasteiger partial charge on any atom is -0.456 e. The van der Waals surface area contributed by atoms with Gasteiger partial charge < -0.3 is 13.8 Å². The molecule has 1 saturated carbocycles. The molecule has 0 atom stereocenters. The SMILES string of the molecule is Cc1cc(C)c(C(=O)N(C)Cc2noc(C3CC3)n2)o1. The minimum absolute atomic E-state index is 0.173. The molecule has 6 nitrogen and oxygen atoms in total. The number of furan rings is 1. The van der Waals surface area contributed by atoms with Gasteiger partial charge in [-0.05, 0) is 32.8 Å². The van der Waals surface area contributed by atoms with Gasteiger partial charge in [0, 0.05) is 18.5 Å². The van der Waals surface area contributed by atoms with Crippen LogP contribution in [0.15, 0.2) is 15.0 Å². The van der Waals surface area contributed by atoms with E-state index in [9.17, 15) is 4.79 Å². The Morgan fingerprint density at radius 3 is 2.80 bits per heavy atom. The van der Waals surface area contributed by atoms with Crippen molar-refractivity contribution in [2.24, 2.45) is 0 Å². The van der Waals surface area contributed by atoms with Gasteiger partial charge in [-0.2, -0.15) is 4.98 Å². The van der Waals surface area contributed by atoms with Gasteiger partial charge in [0.25, 0.3) is 5.91 Å². The quantitative estimate of drug-likeness (QED) is 0.856. The van der Waals surface area contributed by atoms with Gasteiger partial charge in [-0.3, -0.25) is 4.79 Å². The molecule has 1 aliphatic rings. The lowest BCUT2D eigenvalue weighted by Gasteiger charge is -2.13. The molecule has 20 heavy (non-hydrogen) atoms. The molecule has 6 heteroatoms. The Bertz CT molecular complexity index is 640. The summed E-state index contributed by atoms with van der Waals surface area (Å²) >= 11 is 0. The maximum Gasteiger partial charge on any atom is 0.289 e. The predicted molar refractivity (Wildman–Crippen MR) is 70.3 cm³/mol. The lowest BCUT2D eigenvalue weighted by molar-refractivity contribution is 0.0746. The largest absolute Gasteiger partial charge is 0.456 e. The van der Waals surface area contributed by atoms with Crippen molar-refractivity contribution in [2.45, 2.75) is 39.2 Å². The topological polar surface area (TPSA) is 72.4 Å². The van der Waals surface area contributed by atoms with E-state index < -0.39 is 0 Å². The first kappa shape index (κ1) is 12.9. The number of carbonyl (C=O) groups excluding carboxylic acids is 1.